The smallest absolute Gasteiger partial charge is 0.329 e. The first kappa shape index (κ1) is 19.1. The number of para-hydroxylation sites is 2. The maximum absolute atomic E-state index is 13.3. The SMILES string of the molecule is CS(=O)(=O)CCCn1c(Cn2c(=O)n(C3CC3)c3ccccc32)cc2cnccc21. The predicted molar refractivity (Wildman–Crippen MR) is 118 cm³/mol. The van der Waals surface area contributed by atoms with Crippen LogP contribution < -0.4 is 5.69 Å². The van der Waals surface area contributed by atoms with Crippen molar-refractivity contribution in [1.82, 2.24) is 18.7 Å². The molecule has 8 heteroatoms. The Hall–Kier alpha value is -2.87. The Bertz CT molecular complexity index is 1410. The Morgan fingerprint density at radius 2 is 1.83 bits per heavy atom. The fourth-order valence-electron chi connectivity index (χ4n) is 4.28. The molecule has 156 valence electrons. The molecule has 0 unspecified atom stereocenters. The van der Waals surface area contributed by atoms with Gasteiger partial charge in [-0.25, -0.2) is 13.2 Å². The third-order valence-electron chi connectivity index (χ3n) is 5.79. The Balaban J connectivity index is 1.58. The first-order valence-electron chi connectivity index (χ1n) is 10.2. The van der Waals surface area contributed by atoms with Crippen molar-refractivity contribution in [2.45, 2.75) is 38.4 Å². The molecule has 0 N–H and O–H groups in total. The molecule has 0 bridgehead atoms. The highest BCUT2D eigenvalue weighted by Gasteiger charge is 2.29. The molecule has 0 amide bonds. The second-order valence-corrected chi connectivity index (χ2v) is 10.4. The largest absolute Gasteiger partial charge is 0.343 e. The normalized spacial score (nSPS) is 14.7. The van der Waals surface area contributed by atoms with Crippen LogP contribution in [-0.4, -0.2) is 39.1 Å². The highest BCUT2D eigenvalue weighted by atomic mass is 32.2. The Morgan fingerprint density at radius 1 is 1.07 bits per heavy atom. The molecular formula is C22H24N4O3S. The molecule has 0 spiro atoms. The highest BCUT2D eigenvalue weighted by Crippen LogP contribution is 2.36. The fourth-order valence-corrected chi connectivity index (χ4v) is 4.93. The summed E-state index contributed by atoms with van der Waals surface area (Å²) in [5.74, 6) is 0.137. The van der Waals surface area contributed by atoms with Crippen LogP contribution in [0.3, 0.4) is 0 Å². The van der Waals surface area contributed by atoms with E-state index in [1.54, 1.807) is 6.20 Å². The van der Waals surface area contributed by atoms with Crippen LogP contribution in [0, 0.1) is 0 Å². The molecule has 1 fully saturated rings. The maximum atomic E-state index is 13.3. The summed E-state index contributed by atoms with van der Waals surface area (Å²) in [5, 5.41) is 0.992. The van der Waals surface area contributed by atoms with Crippen LogP contribution >= 0.6 is 0 Å². The number of pyridine rings is 1. The van der Waals surface area contributed by atoms with Gasteiger partial charge in [-0.3, -0.25) is 14.1 Å². The van der Waals surface area contributed by atoms with Crippen molar-refractivity contribution >= 4 is 31.8 Å². The molecule has 30 heavy (non-hydrogen) atoms. The summed E-state index contributed by atoms with van der Waals surface area (Å²) in [6.07, 6.45) is 7.43. The van der Waals surface area contributed by atoms with E-state index in [2.05, 4.69) is 15.6 Å². The van der Waals surface area contributed by atoms with Crippen LogP contribution in [0.15, 0.2) is 53.6 Å². The monoisotopic (exact) mass is 424 g/mol. The second-order valence-electron chi connectivity index (χ2n) is 8.16. The van der Waals surface area contributed by atoms with Crippen molar-refractivity contribution in [3.63, 3.8) is 0 Å². The van der Waals surface area contributed by atoms with Gasteiger partial charge in [-0.05, 0) is 43.5 Å². The van der Waals surface area contributed by atoms with Gasteiger partial charge < -0.3 is 4.57 Å². The molecule has 4 aromatic rings. The lowest BCUT2D eigenvalue weighted by atomic mass is 10.3. The van der Waals surface area contributed by atoms with E-state index in [0.29, 0.717) is 25.6 Å². The standard InChI is InChI=1S/C22H24N4O3S/c1-30(28,29)12-4-11-24-18(13-16-14-23-10-9-19(16)24)15-25-20-5-2-3-6-21(20)26(22(25)27)17-7-8-17/h2-3,5-6,9-10,13-14,17H,4,7-8,11-12,15H2,1H3. The number of nitrogens with zero attached hydrogens (tertiary/aromatic N) is 4. The van der Waals surface area contributed by atoms with E-state index in [-0.39, 0.29) is 11.4 Å². The minimum atomic E-state index is -3.02. The van der Waals surface area contributed by atoms with E-state index in [1.807, 2.05) is 45.7 Å². The number of rotatable bonds is 7. The van der Waals surface area contributed by atoms with Crippen molar-refractivity contribution in [1.29, 1.82) is 0 Å². The Kier molecular flexibility index (Phi) is 4.54. The van der Waals surface area contributed by atoms with Gasteiger partial charge in [0.2, 0.25) is 0 Å². The predicted octanol–water partition coefficient (Wildman–Crippen LogP) is 2.97. The van der Waals surface area contributed by atoms with Crippen LogP contribution in [0.4, 0.5) is 0 Å². The van der Waals surface area contributed by atoms with Gasteiger partial charge in [0, 0.05) is 42.3 Å². The Morgan fingerprint density at radius 3 is 2.57 bits per heavy atom. The molecule has 1 aliphatic rings. The number of hydrogen-bond donors (Lipinski definition) is 0. The first-order valence-corrected chi connectivity index (χ1v) is 12.3. The molecule has 3 heterocycles. The quantitative estimate of drug-likeness (QED) is 0.457. The molecule has 1 aliphatic carbocycles. The van der Waals surface area contributed by atoms with Crippen molar-refractivity contribution in [2.75, 3.05) is 12.0 Å². The molecule has 5 rings (SSSR count). The van der Waals surface area contributed by atoms with Crippen molar-refractivity contribution in [3.05, 3.63) is 65.0 Å². The number of benzene rings is 1. The van der Waals surface area contributed by atoms with E-state index in [1.165, 1.54) is 6.26 Å². The topological polar surface area (TPSA) is 78.9 Å². The molecule has 0 aliphatic heterocycles. The summed E-state index contributed by atoms with van der Waals surface area (Å²) in [7, 11) is -3.02. The van der Waals surface area contributed by atoms with E-state index < -0.39 is 9.84 Å². The summed E-state index contributed by atoms with van der Waals surface area (Å²) in [5.41, 5.74) is 3.91. The van der Waals surface area contributed by atoms with Crippen LogP contribution in [0.1, 0.15) is 31.0 Å². The fraction of sp³-hybridized carbons (Fsp3) is 0.364. The third kappa shape index (κ3) is 3.45. The minimum absolute atomic E-state index is 0.0183. The molecule has 7 nitrogen and oxygen atoms in total. The van der Waals surface area contributed by atoms with Gasteiger partial charge >= 0.3 is 5.69 Å². The summed E-state index contributed by atoms with van der Waals surface area (Å²) < 4.78 is 29.1. The van der Waals surface area contributed by atoms with Gasteiger partial charge in [0.15, 0.2) is 0 Å². The van der Waals surface area contributed by atoms with Gasteiger partial charge in [-0.1, -0.05) is 12.1 Å². The number of sulfone groups is 1. The van der Waals surface area contributed by atoms with Gasteiger partial charge in [0.1, 0.15) is 9.84 Å². The lowest BCUT2D eigenvalue weighted by molar-refractivity contribution is 0.587. The summed E-state index contributed by atoms with van der Waals surface area (Å²) in [4.78, 5) is 17.5. The van der Waals surface area contributed by atoms with Crippen molar-refractivity contribution in [2.24, 2.45) is 0 Å². The van der Waals surface area contributed by atoms with Gasteiger partial charge in [0.25, 0.3) is 0 Å². The Labute approximate surface area is 174 Å². The minimum Gasteiger partial charge on any atom is -0.343 e. The van der Waals surface area contributed by atoms with Crippen LogP contribution in [0.25, 0.3) is 21.9 Å². The molecular weight excluding hydrogens is 400 g/mol. The summed E-state index contributed by atoms with van der Waals surface area (Å²) in [6, 6.07) is 12.2. The lowest BCUT2D eigenvalue weighted by Crippen LogP contribution is -2.25. The van der Waals surface area contributed by atoms with E-state index in [0.717, 1.165) is 40.5 Å². The van der Waals surface area contributed by atoms with E-state index >= 15 is 0 Å². The van der Waals surface area contributed by atoms with Crippen molar-refractivity contribution in [3.8, 4) is 0 Å². The van der Waals surface area contributed by atoms with Crippen LogP contribution in [0.5, 0.6) is 0 Å². The molecule has 1 saturated carbocycles. The molecule has 0 atom stereocenters. The zero-order valence-electron chi connectivity index (χ0n) is 16.9. The first-order chi connectivity index (χ1) is 14.4. The molecule has 1 aromatic carbocycles. The maximum Gasteiger partial charge on any atom is 0.329 e. The third-order valence-corrected chi connectivity index (χ3v) is 6.82. The molecule has 3 aromatic heterocycles. The van der Waals surface area contributed by atoms with Crippen molar-refractivity contribution < 1.29 is 8.42 Å². The highest BCUT2D eigenvalue weighted by molar-refractivity contribution is 7.90. The average Bonchev–Trinajstić information content (AvgIpc) is 3.42. The number of aryl methyl sites for hydroxylation is 1. The number of aromatic nitrogens is 4. The van der Waals surface area contributed by atoms with E-state index in [4.69, 9.17) is 0 Å². The summed E-state index contributed by atoms with van der Waals surface area (Å²) >= 11 is 0. The number of imidazole rings is 1. The molecule has 0 saturated heterocycles. The lowest BCUT2D eigenvalue weighted by Gasteiger charge is -2.11. The van der Waals surface area contributed by atoms with E-state index in [9.17, 15) is 13.2 Å². The van der Waals surface area contributed by atoms with Gasteiger partial charge in [-0.2, -0.15) is 0 Å². The number of hydrogen-bond acceptors (Lipinski definition) is 4. The van der Waals surface area contributed by atoms with Crippen LogP contribution in [0.2, 0.25) is 0 Å². The zero-order valence-corrected chi connectivity index (χ0v) is 17.7. The molecule has 0 radical (unpaired) electrons. The number of fused-ring (bicyclic) bond motifs is 2. The average molecular weight is 425 g/mol. The van der Waals surface area contributed by atoms with Gasteiger partial charge in [0.05, 0.1) is 28.8 Å². The second kappa shape index (κ2) is 7.12. The van der Waals surface area contributed by atoms with Gasteiger partial charge in [-0.15, -0.1) is 0 Å². The zero-order chi connectivity index (χ0) is 20.9. The summed E-state index contributed by atoms with van der Waals surface area (Å²) in [6.45, 7) is 1.01. The van der Waals surface area contributed by atoms with Crippen LogP contribution in [-0.2, 0) is 22.9 Å².